The van der Waals surface area contributed by atoms with Gasteiger partial charge in [0.05, 0.1) is 0 Å². The van der Waals surface area contributed by atoms with E-state index in [9.17, 15) is 9.59 Å². The van der Waals surface area contributed by atoms with Crippen molar-refractivity contribution in [1.82, 2.24) is 5.32 Å². The van der Waals surface area contributed by atoms with Gasteiger partial charge in [-0.25, -0.2) is 9.59 Å². The molecule has 0 aromatic heterocycles. The lowest BCUT2D eigenvalue weighted by molar-refractivity contribution is -0.140. The molecule has 0 heterocycles. The smallest absolute Gasteiger partial charge is 0.326 e. The van der Waals surface area contributed by atoms with Crippen LogP contribution in [0.2, 0.25) is 0 Å². The van der Waals surface area contributed by atoms with Crippen LogP contribution in [0.15, 0.2) is 16.6 Å². The Bertz CT molecular complexity index is 523. The molecule has 0 aliphatic rings. The van der Waals surface area contributed by atoms with Crippen LogP contribution in [0.25, 0.3) is 0 Å². The molecule has 2 unspecified atom stereocenters. The van der Waals surface area contributed by atoms with Gasteiger partial charge >= 0.3 is 12.0 Å². The van der Waals surface area contributed by atoms with E-state index in [2.05, 4.69) is 26.6 Å². The van der Waals surface area contributed by atoms with Crippen molar-refractivity contribution in [2.24, 2.45) is 5.92 Å². The van der Waals surface area contributed by atoms with Crippen molar-refractivity contribution in [2.75, 3.05) is 5.32 Å². The minimum atomic E-state index is -1.03. The molecule has 1 aromatic rings. The molecule has 5 nitrogen and oxygen atoms in total. The number of carboxylic acid groups (broad SMARTS) is 1. The van der Waals surface area contributed by atoms with Gasteiger partial charge in [-0.3, -0.25) is 0 Å². The predicted molar refractivity (Wildman–Crippen MR) is 86.6 cm³/mol. The number of hydrogen-bond donors (Lipinski definition) is 3. The topological polar surface area (TPSA) is 78.4 Å². The number of aryl methyl sites for hydroxylation is 2. The number of carbonyl (C=O) groups excluding carboxylic acids is 1. The second-order valence-electron chi connectivity index (χ2n) is 5.22. The SMILES string of the molecule is CCC(C)C(NC(=O)Nc1cc(C)c(Br)c(C)c1)C(=O)O. The van der Waals surface area contributed by atoms with Gasteiger partial charge in [0, 0.05) is 10.2 Å². The zero-order chi connectivity index (χ0) is 16.2. The van der Waals surface area contributed by atoms with Crippen LogP contribution in [0.3, 0.4) is 0 Å². The van der Waals surface area contributed by atoms with Gasteiger partial charge in [-0.1, -0.05) is 36.2 Å². The van der Waals surface area contributed by atoms with Gasteiger partial charge in [-0.2, -0.15) is 0 Å². The number of benzene rings is 1. The van der Waals surface area contributed by atoms with Crippen LogP contribution in [0.1, 0.15) is 31.4 Å². The number of amides is 2. The number of carboxylic acids is 1. The average Bonchev–Trinajstić information content (AvgIpc) is 2.40. The normalized spacial score (nSPS) is 13.4. The summed E-state index contributed by atoms with van der Waals surface area (Å²) >= 11 is 3.46. The fourth-order valence-corrected chi connectivity index (χ4v) is 2.24. The Hall–Kier alpha value is -1.56. The third-order valence-electron chi connectivity index (χ3n) is 3.46. The Morgan fingerprint density at radius 1 is 1.29 bits per heavy atom. The van der Waals surface area contributed by atoms with Crippen molar-refractivity contribution in [1.29, 1.82) is 0 Å². The van der Waals surface area contributed by atoms with E-state index < -0.39 is 18.0 Å². The second-order valence-corrected chi connectivity index (χ2v) is 6.02. The van der Waals surface area contributed by atoms with Crippen molar-refractivity contribution in [3.63, 3.8) is 0 Å². The number of carbonyl (C=O) groups is 2. The number of hydrogen-bond acceptors (Lipinski definition) is 2. The fourth-order valence-electron chi connectivity index (χ4n) is 2.01. The maximum Gasteiger partial charge on any atom is 0.326 e. The summed E-state index contributed by atoms with van der Waals surface area (Å²) in [6.07, 6.45) is 0.674. The zero-order valence-corrected chi connectivity index (χ0v) is 14.2. The maximum atomic E-state index is 12.0. The third-order valence-corrected chi connectivity index (χ3v) is 4.71. The summed E-state index contributed by atoms with van der Waals surface area (Å²) in [4.78, 5) is 23.1. The van der Waals surface area contributed by atoms with Crippen molar-refractivity contribution in [3.8, 4) is 0 Å². The van der Waals surface area contributed by atoms with Gasteiger partial charge in [-0.05, 0) is 43.0 Å². The molecule has 21 heavy (non-hydrogen) atoms. The summed E-state index contributed by atoms with van der Waals surface area (Å²) in [5.74, 6) is -1.16. The van der Waals surface area contributed by atoms with E-state index in [-0.39, 0.29) is 5.92 Å². The molecule has 0 aliphatic carbocycles. The highest BCUT2D eigenvalue weighted by atomic mass is 79.9. The number of aliphatic carboxylic acids is 1. The quantitative estimate of drug-likeness (QED) is 0.752. The lowest BCUT2D eigenvalue weighted by Gasteiger charge is -2.20. The zero-order valence-electron chi connectivity index (χ0n) is 12.7. The summed E-state index contributed by atoms with van der Waals surface area (Å²) < 4.78 is 0.997. The molecule has 2 atom stereocenters. The fraction of sp³-hybridized carbons (Fsp3) is 0.467. The number of urea groups is 1. The third kappa shape index (κ3) is 4.74. The molecule has 0 aliphatic heterocycles. The Labute approximate surface area is 133 Å². The van der Waals surface area contributed by atoms with Crippen LogP contribution < -0.4 is 10.6 Å². The molecule has 6 heteroatoms. The van der Waals surface area contributed by atoms with Crippen LogP contribution in [-0.2, 0) is 4.79 Å². The van der Waals surface area contributed by atoms with Crippen LogP contribution in [0.5, 0.6) is 0 Å². The van der Waals surface area contributed by atoms with E-state index >= 15 is 0 Å². The number of halogens is 1. The number of anilines is 1. The molecule has 1 rings (SSSR count). The summed E-state index contributed by atoms with van der Waals surface area (Å²) in [6.45, 7) is 7.55. The highest BCUT2D eigenvalue weighted by molar-refractivity contribution is 9.10. The van der Waals surface area contributed by atoms with E-state index in [4.69, 9.17) is 5.11 Å². The van der Waals surface area contributed by atoms with Crippen LogP contribution in [0, 0.1) is 19.8 Å². The highest BCUT2D eigenvalue weighted by Gasteiger charge is 2.25. The van der Waals surface area contributed by atoms with Gasteiger partial charge in [0.25, 0.3) is 0 Å². The highest BCUT2D eigenvalue weighted by Crippen LogP contribution is 2.25. The average molecular weight is 357 g/mol. The molecule has 0 fully saturated rings. The van der Waals surface area contributed by atoms with Crippen LogP contribution in [-0.4, -0.2) is 23.1 Å². The lowest BCUT2D eigenvalue weighted by atomic mass is 9.99. The van der Waals surface area contributed by atoms with E-state index in [1.165, 1.54) is 0 Å². The standard InChI is InChI=1S/C15H21BrN2O3/c1-5-8(2)13(14(19)20)18-15(21)17-11-6-9(3)12(16)10(4)7-11/h6-8,13H,5H2,1-4H3,(H,19,20)(H2,17,18,21). The number of rotatable bonds is 5. The summed E-state index contributed by atoms with van der Waals surface area (Å²) in [7, 11) is 0. The Morgan fingerprint density at radius 2 is 1.81 bits per heavy atom. The van der Waals surface area contributed by atoms with Gasteiger partial charge in [-0.15, -0.1) is 0 Å². The van der Waals surface area contributed by atoms with Crippen molar-refractivity contribution < 1.29 is 14.7 Å². The Balaban J connectivity index is 2.79. The largest absolute Gasteiger partial charge is 0.480 e. The van der Waals surface area contributed by atoms with Crippen molar-refractivity contribution in [3.05, 3.63) is 27.7 Å². The monoisotopic (exact) mass is 356 g/mol. The first-order valence-electron chi connectivity index (χ1n) is 6.83. The van der Waals surface area contributed by atoms with Gasteiger partial charge < -0.3 is 15.7 Å². The lowest BCUT2D eigenvalue weighted by Crippen LogP contribution is -2.46. The van der Waals surface area contributed by atoms with Crippen LogP contribution >= 0.6 is 15.9 Å². The molecule has 0 radical (unpaired) electrons. The second kappa shape index (κ2) is 7.45. The Morgan fingerprint density at radius 3 is 2.24 bits per heavy atom. The molecular weight excluding hydrogens is 336 g/mol. The van der Waals surface area contributed by atoms with Crippen LogP contribution in [0.4, 0.5) is 10.5 Å². The van der Waals surface area contributed by atoms with Gasteiger partial charge in [0.1, 0.15) is 6.04 Å². The van der Waals surface area contributed by atoms with E-state index in [1.807, 2.05) is 32.9 Å². The van der Waals surface area contributed by atoms with Gasteiger partial charge in [0.2, 0.25) is 0 Å². The minimum absolute atomic E-state index is 0.137. The summed E-state index contributed by atoms with van der Waals surface area (Å²) in [5.41, 5.74) is 2.64. The summed E-state index contributed by atoms with van der Waals surface area (Å²) in [5, 5.41) is 14.4. The first-order chi connectivity index (χ1) is 9.76. The van der Waals surface area contributed by atoms with E-state index in [1.54, 1.807) is 6.92 Å². The predicted octanol–water partition coefficient (Wildman–Crippen LogP) is 3.69. The number of nitrogens with one attached hydrogen (secondary N) is 2. The van der Waals surface area contributed by atoms with Crippen molar-refractivity contribution >= 4 is 33.6 Å². The first kappa shape index (κ1) is 17.5. The van der Waals surface area contributed by atoms with Gasteiger partial charge in [0.15, 0.2) is 0 Å². The Kier molecular flexibility index (Phi) is 6.20. The summed E-state index contributed by atoms with van der Waals surface area (Å²) in [6, 6.07) is 2.25. The van der Waals surface area contributed by atoms with Crippen molar-refractivity contribution in [2.45, 2.75) is 40.2 Å². The molecule has 2 amide bonds. The van der Waals surface area contributed by atoms with E-state index in [0.717, 1.165) is 15.6 Å². The maximum absolute atomic E-state index is 12.0. The molecule has 3 N–H and O–H groups in total. The molecule has 0 spiro atoms. The minimum Gasteiger partial charge on any atom is -0.480 e. The molecule has 0 saturated carbocycles. The first-order valence-corrected chi connectivity index (χ1v) is 7.62. The molecule has 0 bridgehead atoms. The molecule has 116 valence electrons. The van der Waals surface area contributed by atoms with E-state index in [0.29, 0.717) is 12.1 Å². The molecule has 0 saturated heterocycles. The molecular formula is C15H21BrN2O3. The molecule has 1 aromatic carbocycles.